The van der Waals surface area contributed by atoms with Crippen LogP contribution in [0.3, 0.4) is 0 Å². The minimum atomic E-state index is -0.515. The van der Waals surface area contributed by atoms with Crippen LogP contribution in [0.4, 0.5) is 4.39 Å². The van der Waals surface area contributed by atoms with Crippen molar-refractivity contribution in [2.45, 2.75) is 13.5 Å². The Morgan fingerprint density at radius 1 is 1.62 bits per heavy atom. The maximum Gasteiger partial charge on any atom is 0.257 e. The SMILES string of the molecule is CCN1Cc2cncc(F)c2C1=O. The van der Waals surface area contributed by atoms with E-state index in [9.17, 15) is 9.18 Å². The molecule has 0 unspecified atom stereocenters. The second-order valence-electron chi connectivity index (χ2n) is 2.97. The number of hydrogen-bond donors (Lipinski definition) is 0. The molecule has 4 heteroatoms. The van der Waals surface area contributed by atoms with Gasteiger partial charge < -0.3 is 4.90 Å². The zero-order valence-corrected chi connectivity index (χ0v) is 7.25. The molecule has 0 bridgehead atoms. The van der Waals surface area contributed by atoms with Crippen LogP contribution in [-0.4, -0.2) is 22.3 Å². The fourth-order valence-electron chi connectivity index (χ4n) is 1.53. The molecule has 0 spiro atoms. The van der Waals surface area contributed by atoms with Crippen molar-refractivity contribution < 1.29 is 9.18 Å². The van der Waals surface area contributed by atoms with Crippen LogP contribution in [-0.2, 0) is 6.54 Å². The van der Waals surface area contributed by atoms with Crippen LogP contribution < -0.4 is 0 Å². The van der Waals surface area contributed by atoms with Crippen LogP contribution in [0.1, 0.15) is 22.8 Å². The van der Waals surface area contributed by atoms with E-state index in [-0.39, 0.29) is 11.5 Å². The number of fused-ring (bicyclic) bond motifs is 1. The molecule has 1 aromatic heterocycles. The number of pyridine rings is 1. The van der Waals surface area contributed by atoms with Crippen LogP contribution in [0, 0.1) is 5.82 Å². The van der Waals surface area contributed by atoms with Gasteiger partial charge in [-0.2, -0.15) is 0 Å². The summed E-state index contributed by atoms with van der Waals surface area (Å²) in [7, 11) is 0. The molecule has 0 radical (unpaired) electrons. The maximum atomic E-state index is 13.1. The van der Waals surface area contributed by atoms with Crippen LogP contribution in [0.5, 0.6) is 0 Å². The molecule has 0 aromatic carbocycles. The van der Waals surface area contributed by atoms with E-state index in [0.717, 1.165) is 6.20 Å². The van der Waals surface area contributed by atoms with Gasteiger partial charge in [-0.05, 0) is 6.92 Å². The molecule has 0 fully saturated rings. The number of amides is 1. The van der Waals surface area contributed by atoms with Gasteiger partial charge in [0.1, 0.15) is 0 Å². The van der Waals surface area contributed by atoms with Gasteiger partial charge >= 0.3 is 0 Å². The predicted octanol–water partition coefficient (Wildman–Crippen LogP) is 1.20. The van der Waals surface area contributed by atoms with Crippen LogP contribution in [0.25, 0.3) is 0 Å². The smallest absolute Gasteiger partial charge is 0.257 e. The Morgan fingerprint density at radius 3 is 3.00 bits per heavy atom. The van der Waals surface area contributed by atoms with E-state index >= 15 is 0 Å². The molecule has 1 aromatic rings. The lowest BCUT2D eigenvalue weighted by atomic mass is 10.2. The van der Waals surface area contributed by atoms with E-state index < -0.39 is 5.82 Å². The van der Waals surface area contributed by atoms with E-state index in [2.05, 4.69) is 4.98 Å². The molecular formula is C9H9FN2O. The molecule has 2 rings (SSSR count). The zero-order chi connectivity index (χ0) is 9.42. The first-order valence-electron chi connectivity index (χ1n) is 4.15. The van der Waals surface area contributed by atoms with Gasteiger partial charge in [-0.3, -0.25) is 9.78 Å². The molecule has 1 amide bonds. The summed E-state index contributed by atoms with van der Waals surface area (Å²) in [4.78, 5) is 16.8. The van der Waals surface area contributed by atoms with Crippen LogP contribution in [0.2, 0.25) is 0 Å². The summed E-state index contributed by atoms with van der Waals surface area (Å²) in [6.07, 6.45) is 2.63. The highest BCUT2D eigenvalue weighted by Crippen LogP contribution is 2.23. The van der Waals surface area contributed by atoms with E-state index in [1.165, 1.54) is 0 Å². The van der Waals surface area contributed by atoms with Gasteiger partial charge in [-0.25, -0.2) is 4.39 Å². The molecule has 0 saturated carbocycles. The largest absolute Gasteiger partial charge is 0.334 e. The Bertz CT molecular complexity index is 365. The standard InChI is InChI=1S/C9H9FN2O/c1-2-12-5-6-3-11-4-7(10)8(6)9(12)13/h3-4H,2,5H2,1H3. The third-order valence-corrected chi connectivity index (χ3v) is 2.22. The summed E-state index contributed by atoms with van der Waals surface area (Å²) in [5, 5.41) is 0. The average molecular weight is 180 g/mol. The highest BCUT2D eigenvalue weighted by Gasteiger charge is 2.29. The minimum absolute atomic E-state index is 0.192. The van der Waals surface area contributed by atoms with Crippen LogP contribution >= 0.6 is 0 Å². The molecule has 3 nitrogen and oxygen atoms in total. The average Bonchev–Trinajstić information content (AvgIpc) is 2.44. The van der Waals surface area contributed by atoms with Crippen molar-refractivity contribution >= 4 is 5.91 Å². The Balaban J connectivity index is 2.50. The van der Waals surface area contributed by atoms with Crippen LogP contribution in [0.15, 0.2) is 12.4 Å². The Kier molecular flexibility index (Phi) is 1.76. The van der Waals surface area contributed by atoms with Gasteiger partial charge in [0.25, 0.3) is 5.91 Å². The Morgan fingerprint density at radius 2 is 2.38 bits per heavy atom. The second-order valence-corrected chi connectivity index (χ2v) is 2.97. The quantitative estimate of drug-likeness (QED) is 0.650. The Labute approximate surface area is 75.2 Å². The first-order valence-corrected chi connectivity index (χ1v) is 4.15. The van der Waals surface area contributed by atoms with Gasteiger partial charge in [0.2, 0.25) is 0 Å². The summed E-state index contributed by atoms with van der Waals surface area (Å²) in [5.74, 6) is -0.740. The van der Waals surface area contributed by atoms with Gasteiger partial charge in [0.05, 0.1) is 11.8 Å². The molecule has 68 valence electrons. The van der Waals surface area contributed by atoms with E-state index in [4.69, 9.17) is 0 Å². The summed E-state index contributed by atoms with van der Waals surface area (Å²) in [6.45, 7) is 2.96. The number of rotatable bonds is 1. The summed E-state index contributed by atoms with van der Waals surface area (Å²) >= 11 is 0. The molecule has 0 atom stereocenters. The lowest BCUT2D eigenvalue weighted by Gasteiger charge is -2.10. The third kappa shape index (κ3) is 1.09. The minimum Gasteiger partial charge on any atom is -0.334 e. The van der Waals surface area contributed by atoms with E-state index in [1.807, 2.05) is 6.92 Å². The van der Waals surface area contributed by atoms with E-state index in [0.29, 0.717) is 18.7 Å². The topological polar surface area (TPSA) is 33.2 Å². The fraction of sp³-hybridized carbons (Fsp3) is 0.333. The van der Waals surface area contributed by atoms with Crippen molar-refractivity contribution in [3.05, 3.63) is 29.3 Å². The van der Waals surface area contributed by atoms with Crippen molar-refractivity contribution in [2.75, 3.05) is 6.54 Å². The fourth-order valence-corrected chi connectivity index (χ4v) is 1.53. The monoisotopic (exact) mass is 180 g/mol. The number of carbonyl (C=O) groups is 1. The molecule has 13 heavy (non-hydrogen) atoms. The second kappa shape index (κ2) is 2.80. The van der Waals surface area contributed by atoms with Crippen molar-refractivity contribution in [2.24, 2.45) is 0 Å². The van der Waals surface area contributed by atoms with Gasteiger partial charge in [-0.1, -0.05) is 0 Å². The van der Waals surface area contributed by atoms with E-state index in [1.54, 1.807) is 11.1 Å². The normalized spacial score (nSPS) is 14.9. The molecule has 1 aliphatic rings. The third-order valence-electron chi connectivity index (χ3n) is 2.22. The molecule has 2 heterocycles. The first kappa shape index (κ1) is 8.16. The lowest BCUT2D eigenvalue weighted by molar-refractivity contribution is 0.0784. The summed E-state index contributed by atoms with van der Waals surface area (Å²) in [5.41, 5.74) is 0.878. The molecule has 0 aliphatic carbocycles. The molecule has 0 saturated heterocycles. The van der Waals surface area contributed by atoms with Crippen molar-refractivity contribution in [3.63, 3.8) is 0 Å². The predicted molar refractivity (Wildman–Crippen MR) is 44.6 cm³/mol. The zero-order valence-electron chi connectivity index (χ0n) is 7.25. The van der Waals surface area contributed by atoms with Gasteiger partial charge in [0, 0.05) is 24.8 Å². The molecule has 0 N–H and O–H groups in total. The first-order chi connectivity index (χ1) is 6.24. The molecule has 1 aliphatic heterocycles. The maximum absolute atomic E-state index is 13.1. The van der Waals surface area contributed by atoms with Gasteiger partial charge in [-0.15, -0.1) is 0 Å². The van der Waals surface area contributed by atoms with Crippen molar-refractivity contribution in [3.8, 4) is 0 Å². The number of hydrogen-bond acceptors (Lipinski definition) is 2. The van der Waals surface area contributed by atoms with Gasteiger partial charge in [0.15, 0.2) is 5.82 Å². The highest BCUT2D eigenvalue weighted by atomic mass is 19.1. The lowest BCUT2D eigenvalue weighted by Crippen LogP contribution is -2.23. The number of carbonyl (C=O) groups excluding carboxylic acids is 1. The van der Waals surface area contributed by atoms with Crippen molar-refractivity contribution in [1.29, 1.82) is 0 Å². The number of nitrogens with zero attached hydrogens (tertiary/aromatic N) is 2. The van der Waals surface area contributed by atoms with Crippen molar-refractivity contribution in [1.82, 2.24) is 9.88 Å². The molecular weight excluding hydrogens is 171 g/mol. The number of aromatic nitrogens is 1. The highest BCUT2D eigenvalue weighted by molar-refractivity contribution is 5.98. The summed E-state index contributed by atoms with van der Waals surface area (Å²) in [6, 6.07) is 0. The number of halogens is 1. The summed E-state index contributed by atoms with van der Waals surface area (Å²) < 4.78 is 13.1. The Hall–Kier alpha value is -1.45.